The molecule has 0 radical (unpaired) electrons. The number of aliphatic carboxylic acids is 1. The minimum Gasteiger partial charge on any atom is -0.478 e. The average Bonchev–Trinajstić information content (AvgIpc) is 2.59. The molecule has 0 saturated heterocycles. The summed E-state index contributed by atoms with van der Waals surface area (Å²) in [5.74, 6) is -2.21. The fraction of sp³-hybridized carbons (Fsp3) is 0.111. The Hall–Kier alpha value is -3.29. The number of hydrogen-bond acceptors (Lipinski definition) is 3. The Bertz CT molecular complexity index is 844. The number of ether oxygens (including phenoxy) is 1. The van der Waals surface area contributed by atoms with Gasteiger partial charge in [0.05, 0.1) is 11.3 Å². The summed E-state index contributed by atoms with van der Waals surface area (Å²) in [5, 5.41) is 9.11. The third-order valence-electron chi connectivity index (χ3n) is 3.49. The van der Waals surface area contributed by atoms with Crippen LogP contribution in [0, 0.1) is 0 Å². The van der Waals surface area contributed by atoms with Gasteiger partial charge in [-0.3, -0.25) is 4.79 Å². The summed E-state index contributed by atoms with van der Waals surface area (Å²) in [6.07, 6.45) is -4.82. The first-order valence-corrected chi connectivity index (χ1v) is 7.25. The molecule has 1 N–H and O–H groups in total. The zero-order valence-corrected chi connectivity index (χ0v) is 13.6. The van der Waals surface area contributed by atoms with Crippen molar-refractivity contribution >= 4 is 23.1 Å². The van der Waals surface area contributed by atoms with Gasteiger partial charge in [0.25, 0.3) is 5.91 Å². The Kier molecular flexibility index (Phi) is 5.35. The van der Waals surface area contributed by atoms with Crippen molar-refractivity contribution in [3.05, 3.63) is 66.2 Å². The van der Waals surface area contributed by atoms with Crippen molar-refractivity contribution in [1.29, 1.82) is 0 Å². The van der Waals surface area contributed by atoms with Gasteiger partial charge in [0.15, 0.2) is 0 Å². The van der Waals surface area contributed by atoms with Crippen LogP contribution < -0.4 is 9.64 Å². The van der Waals surface area contributed by atoms with E-state index in [-0.39, 0.29) is 16.7 Å². The molecule has 0 unspecified atom stereocenters. The minimum absolute atomic E-state index is 0.109. The van der Waals surface area contributed by atoms with Crippen LogP contribution in [-0.4, -0.2) is 30.4 Å². The predicted octanol–water partition coefficient (Wildman–Crippen LogP) is 3.96. The molecule has 0 atom stereocenters. The summed E-state index contributed by atoms with van der Waals surface area (Å²) in [4.78, 5) is 24.9. The van der Waals surface area contributed by atoms with Crippen molar-refractivity contribution < 1.29 is 32.6 Å². The monoisotopic (exact) mass is 365 g/mol. The molecule has 0 saturated carbocycles. The molecule has 26 heavy (non-hydrogen) atoms. The number of para-hydroxylation sites is 1. The molecule has 1 amide bonds. The molecule has 0 aliphatic carbocycles. The van der Waals surface area contributed by atoms with Gasteiger partial charge in [0, 0.05) is 18.2 Å². The lowest BCUT2D eigenvalue weighted by molar-refractivity contribution is -0.274. The van der Waals surface area contributed by atoms with E-state index in [1.54, 1.807) is 18.2 Å². The maximum absolute atomic E-state index is 12.6. The average molecular weight is 365 g/mol. The number of alkyl halides is 3. The molecular weight excluding hydrogens is 351 g/mol. The quantitative estimate of drug-likeness (QED) is 0.815. The summed E-state index contributed by atoms with van der Waals surface area (Å²) in [5.41, 5.74) is 0.486. The van der Waals surface area contributed by atoms with Crippen molar-refractivity contribution in [3.63, 3.8) is 0 Å². The minimum atomic E-state index is -4.82. The second-order valence-electron chi connectivity index (χ2n) is 5.24. The number of nitrogens with zero attached hydrogens (tertiary/aromatic N) is 1. The fourth-order valence-electron chi connectivity index (χ4n) is 2.24. The first-order valence-electron chi connectivity index (χ1n) is 7.25. The highest BCUT2D eigenvalue weighted by atomic mass is 19.4. The molecule has 0 heterocycles. The third kappa shape index (κ3) is 4.41. The van der Waals surface area contributed by atoms with Crippen LogP contribution in [0.3, 0.4) is 0 Å². The molecule has 0 aliphatic heterocycles. The highest BCUT2D eigenvalue weighted by Gasteiger charge is 2.31. The second kappa shape index (κ2) is 7.30. The largest absolute Gasteiger partial charge is 0.573 e. The van der Waals surface area contributed by atoms with E-state index in [1.165, 1.54) is 30.1 Å². The van der Waals surface area contributed by atoms with Crippen LogP contribution in [-0.2, 0) is 4.79 Å². The number of amides is 1. The Morgan fingerprint density at radius 1 is 1.08 bits per heavy atom. The van der Waals surface area contributed by atoms with E-state index in [1.807, 2.05) is 0 Å². The van der Waals surface area contributed by atoms with E-state index in [0.29, 0.717) is 5.69 Å². The molecule has 2 aromatic carbocycles. The van der Waals surface area contributed by atoms with E-state index in [9.17, 15) is 22.8 Å². The normalized spacial score (nSPS) is 10.9. The number of halogens is 3. The van der Waals surface area contributed by atoms with E-state index in [4.69, 9.17) is 5.11 Å². The van der Waals surface area contributed by atoms with E-state index >= 15 is 0 Å². The van der Waals surface area contributed by atoms with Crippen molar-refractivity contribution in [2.45, 2.75) is 6.36 Å². The lowest BCUT2D eigenvalue weighted by Crippen LogP contribution is -2.27. The van der Waals surface area contributed by atoms with Gasteiger partial charge in [0.1, 0.15) is 5.75 Å². The topological polar surface area (TPSA) is 66.8 Å². The summed E-state index contributed by atoms with van der Waals surface area (Å²) >= 11 is 0. The van der Waals surface area contributed by atoms with Crippen molar-refractivity contribution in [2.75, 3.05) is 11.9 Å². The van der Waals surface area contributed by atoms with Crippen molar-refractivity contribution in [1.82, 2.24) is 0 Å². The molecule has 5 nitrogen and oxygen atoms in total. The molecule has 0 aliphatic rings. The van der Waals surface area contributed by atoms with Gasteiger partial charge in [-0.15, -0.1) is 13.2 Å². The summed E-state index contributed by atoms with van der Waals surface area (Å²) < 4.78 is 40.3. The number of carbonyl (C=O) groups excluding carboxylic acids is 1. The van der Waals surface area contributed by atoms with Gasteiger partial charge in [-0.1, -0.05) is 24.8 Å². The van der Waals surface area contributed by atoms with Crippen molar-refractivity contribution in [2.24, 2.45) is 0 Å². The first kappa shape index (κ1) is 19.0. The van der Waals surface area contributed by atoms with E-state index in [0.717, 1.165) is 12.1 Å². The highest BCUT2D eigenvalue weighted by molar-refractivity contribution is 6.17. The molecule has 0 aromatic heterocycles. The number of rotatable bonds is 5. The molecule has 2 aromatic rings. The van der Waals surface area contributed by atoms with Crippen LogP contribution in [0.4, 0.5) is 18.9 Å². The summed E-state index contributed by atoms with van der Waals surface area (Å²) in [7, 11) is 1.43. The highest BCUT2D eigenvalue weighted by Crippen LogP contribution is 2.28. The lowest BCUT2D eigenvalue weighted by atomic mass is 10.0. The molecule has 0 fully saturated rings. The Balaban J connectivity index is 2.28. The van der Waals surface area contributed by atoms with Gasteiger partial charge in [-0.2, -0.15) is 0 Å². The smallest absolute Gasteiger partial charge is 0.478 e. The Morgan fingerprint density at radius 2 is 1.65 bits per heavy atom. The molecule has 0 bridgehead atoms. The van der Waals surface area contributed by atoms with Crippen LogP contribution in [0.25, 0.3) is 5.57 Å². The van der Waals surface area contributed by atoms with Gasteiger partial charge < -0.3 is 14.7 Å². The number of carboxylic acids is 1. The van der Waals surface area contributed by atoms with Gasteiger partial charge >= 0.3 is 12.3 Å². The summed E-state index contributed by atoms with van der Waals surface area (Å²) in [6.45, 7) is 3.48. The maximum atomic E-state index is 12.6. The SMILES string of the molecule is C=C(C(=O)O)c1ccccc1N(C)C(=O)c1ccc(OC(F)(F)F)cc1. The molecular formula is C18H14F3NO4. The van der Waals surface area contributed by atoms with E-state index in [2.05, 4.69) is 11.3 Å². The van der Waals surface area contributed by atoms with Crippen LogP contribution in [0.5, 0.6) is 5.75 Å². The first-order chi connectivity index (χ1) is 12.1. The number of anilines is 1. The number of carboxylic acid groups (broad SMARTS) is 1. The molecule has 136 valence electrons. The third-order valence-corrected chi connectivity index (χ3v) is 3.49. The number of carbonyl (C=O) groups is 2. The molecule has 0 spiro atoms. The van der Waals surface area contributed by atoms with Gasteiger partial charge in [0.2, 0.25) is 0 Å². The van der Waals surface area contributed by atoms with Gasteiger partial charge in [-0.05, 0) is 30.3 Å². The second-order valence-corrected chi connectivity index (χ2v) is 5.24. The number of hydrogen-bond donors (Lipinski definition) is 1. The Morgan fingerprint density at radius 3 is 2.19 bits per heavy atom. The van der Waals surface area contributed by atoms with Crippen LogP contribution in [0.2, 0.25) is 0 Å². The predicted molar refractivity (Wildman–Crippen MR) is 89.0 cm³/mol. The molecule has 8 heteroatoms. The summed E-state index contributed by atoms with van der Waals surface area (Å²) in [6, 6.07) is 10.7. The van der Waals surface area contributed by atoms with Gasteiger partial charge in [-0.25, -0.2) is 4.79 Å². The zero-order chi connectivity index (χ0) is 19.5. The lowest BCUT2D eigenvalue weighted by Gasteiger charge is -2.21. The van der Waals surface area contributed by atoms with E-state index < -0.39 is 24.0 Å². The molecule has 2 rings (SSSR count). The van der Waals surface area contributed by atoms with Crippen LogP contribution in [0.15, 0.2) is 55.1 Å². The fourth-order valence-corrected chi connectivity index (χ4v) is 2.24. The standard InChI is InChI=1S/C18H14F3NO4/c1-11(17(24)25)14-5-3-4-6-15(14)22(2)16(23)12-7-9-13(10-8-12)26-18(19,20)21/h3-10H,1H2,2H3,(H,24,25). The zero-order valence-electron chi connectivity index (χ0n) is 13.6. The van der Waals surface area contributed by atoms with Crippen molar-refractivity contribution in [3.8, 4) is 5.75 Å². The van der Waals surface area contributed by atoms with Crippen LogP contribution >= 0.6 is 0 Å². The maximum Gasteiger partial charge on any atom is 0.573 e. The Labute approximate surface area is 146 Å². The van der Waals surface area contributed by atoms with Crippen LogP contribution in [0.1, 0.15) is 15.9 Å². The number of benzene rings is 2.